The van der Waals surface area contributed by atoms with E-state index in [1.807, 2.05) is 0 Å². The molecular weight excluding hydrogens is 202 g/mol. The van der Waals surface area contributed by atoms with Crippen molar-refractivity contribution < 1.29 is 9.90 Å². The standard InChI is InChI=1S/C9H6ClNO2.CH4/c10-6-2-1-3-7-5(6)4-8(11-7)9(12)13;/h1-3H,4H2,(H,12,13);1H4. The molecule has 0 amide bonds. The Kier molecular flexibility index (Phi) is 2.91. The van der Waals surface area contributed by atoms with E-state index in [1.165, 1.54) is 0 Å². The summed E-state index contributed by atoms with van der Waals surface area (Å²) in [6.07, 6.45) is 0.324. The SMILES string of the molecule is C.O=C(O)C1=Nc2cccc(Cl)c2C1. The first-order valence-corrected chi connectivity index (χ1v) is 4.14. The molecule has 1 N–H and O–H groups in total. The van der Waals surface area contributed by atoms with Gasteiger partial charge in [0.1, 0.15) is 5.71 Å². The molecule has 14 heavy (non-hydrogen) atoms. The van der Waals surface area contributed by atoms with Crippen molar-refractivity contribution >= 4 is 29.0 Å². The van der Waals surface area contributed by atoms with Gasteiger partial charge in [0.2, 0.25) is 0 Å². The fourth-order valence-electron chi connectivity index (χ4n) is 1.30. The van der Waals surface area contributed by atoms with Crippen molar-refractivity contribution in [2.75, 3.05) is 0 Å². The molecule has 0 saturated heterocycles. The van der Waals surface area contributed by atoms with E-state index in [2.05, 4.69) is 4.99 Å². The molecule has 0 unspecified atom stereocenters. The number of halogens is 1. The maximum absolute atomic E-state index is 10.6. The zero-order valence-corrected chi connectivity index (χ0v) is 7.38. The number of carboxylic acid groups (broad SMARTS) is 1. The summed E-state index contributed by atoms with van der Waals surface area (Å²) in [5.74, 6) is -0.979. The predicted molar refractivity (Wildman–Crippen MR) is 56.6 cm³/mol. The molecule has 0 radical (unpaired) electrons. The van der Waals surface area contributed by atoms with Gasteiger partial charge in [0, 0.05) is 17.0 Å². The third-order valence-corrected chi connectivity index (χ3v) is 2.29. The highest BCUT2D eigenvalue weighted by Crippen LogP contribution is 2.32. The van der Waals surface area contributed by atoms with Crippen LogP contribution in [0.25, 0.3) is 0 Å². The molecule has 1 aromatic rings. The average Bonchev–Trinajstić information content (AvgIpc) is 2.49. The minimum Gasteiger partial charge on any atom is -0.477 e. The lowest BCUT2D eigenvalue weighted by Gasteiger charge is -1.97. The van der Waals surface area contributed by atoms with E-state index >= 15 is 0 Å². The van der Waals surface area contributed by atoms with Crippen LogP contribution in [0.2, 0.25) is 5.02 Å². The zero-order valence-electron chi connectivity index (χ0n) is 6.62. The van der Waals surface area contributed by atoms with E-state index in [0.717, 1.165) is 5.56 Å². The summed E-state index contributed by atoms with van der Waals surface area (Å²) >= 11 is 5.87. The van der Waals surface area contributed by atoms with Crippen molar-refractivity contribution in [2.24, 2.45) is 4.99 Å². The van der Waals surface area contributed by atoms with Crippen molar-refractivity contribution in [2.45, 2.75) is 13.8 Å². The van der Waals surface area contributed by atoms with Gasteiger partial charge in [0.05, 0.1) is 5.69 Å². The topological polar surface area (TPSA) is 49.7 Å². The molecule has 1 aliphatic rings. The number of hydrogen-bond donors (Lipinski definition) is 1. The van der Waals surface area contributed by atoms with Crippen molar-refractivity contribution in [1.82, 2.24) is 0 Å². The third-order valence-electron chi connectivity index (χ3n) is 1.94. The van der Waals surface area contributed by atoms with Crippen LogP contribution in [-0.2, 0) is 11.2 Å². The lowest BCUT2D eigenvalue weighted by molar-refractivity contribution is -0.129. The van der Waals surface area contributed by atoms with Gasteiger partial charge in [0.25, 0.3) is 0 Å². The van der Waals surface area contributed by atoms with E-state index < -0.39 is 5.97 Å². The van der Waals surface area contributed by atoms with Gasteiger partial charge in [-0.05, 0) is 12.1 Å². The summed E-state index contributed by atoms with van der Waals surface area (Å²) in [5, 5.41) is 9.28. The van der Waals surface area contributed by atoms with Crippen LogP contribution in [0.4, 0.5) is 5.69 Å². The third kappa shape index (κ3) is 1.63. The molecule has 0 bridgehead atoms. The highest BCUT2D eigenvalue weighted by Gasteiger charge is 2.21. The van der Waals surface area contributed by atoms with Gasteiger partial charge in [-0.25, -0.2) is 9.79 Å². The molecule has 0 spiro atoms. The number of rotatable bonds is 1. The lowest BCUT2D eigenvalue weighted by Crippen LogP contribution is -2.12. The van der Waals surface area contributed by atoms with Crippen molar-refractivity contribution in [1.29, 1.82) is 0 Å². The average molecular weight is 212 g/mol. The molecule has 0 aromatic heterocycles. The molecule has 0 fully saturated rings. The van der Waals surface area contributed by atoms with Crippen LogP contribution in [0.1, 0.15) is 13.0 Å². The number of hydrogen-bond acceptors (Lipinski definition) is 2. The second kappa shape index (κ2) is 3.80. The van der Waals surface area contributed by atoms with Crippen molar-refractivity contribution in [3.63, 3.8) is 0 Å². The molecule has 2 rings (SSSR count). The van der Waals surface area contributed by atoms with Gasteiger partial charge in [0.15, 0.2) is 0 Å². The number of carbonyl (C=O) groups is 1. The largest absolute Gasteiger partial charge is 0.477 e. The number of aliphatic imine (C=N–C) groups is 1. The first-order valence-electron chi connectivity index (χ1n) is 3.77. The summed E-state index contributed by atoms with van der Waals surface area (Å²) in [4.78, 5) is 14.6. The van der Waals surface area contributed by atoms with Crippen LogP contribution < -0.4 is 0 Å². The normalized spacial score (nSPS) is 12.8. The summed E-state index contributed by atoms with van der Waals surface area (Å²) in [5.41, 5.74) is 1.63. The minimum absolute atomic E-state index is 0. The first kappa shape index (κ1) is 10.7. The molecule has 0 atom stereocenters. The van der Waals surface area contributed by atoms with E-state index in [1.54, 1.807) is 18.2 Å². The predicted octanol–water partition coefficient (Wildman–Crippen LogP) is 2.69. The van der Waals surface area contributed by atoms with Gasteiger partial charge in [-0.1, -0.05) is 25.1 Å². The number of benzene rings is 1. The Hall–Kier alpha value is -1.35. The Balaban J connectivity index is 0.000000980. The van der Waals surface area contributed by atoms with E-state index in [4.69, 9.17) is 16.7 Å². The zero-order chi connectivity index (χ0) is 9.42. The molecule has 0 saturated carbocycles. The Morgan fingerprint density at radius 2 is 2.21 bits per heavy atom. The molecule has 3 nitrogen and oxygen atoms in total. The smallest absolute Gasteiger partial charge is 0.350 e. The summed E-state index contributed by atoms with van der Waals surface area (Å²) < 4.78 is 0. The molecule has 74 valence electrons. The maximum Gasteiger partial charge on any atom is 0.350 e. The van der Waals surface area contributed by atoms with Crippen molar-refractivity contribution in [3.8, 4) is 0 Å². The van der Waals surface area contributed by atoms with Crippen LogP contribution >= 0.6 is 11.6 Å². The fraction of sp³-hybridized carbons (Fsp3) is 0.200. The summed E-state index contributed by atoms with van der Waals surface area (Å²) in [6.45, 7) is 0. The van der Waals surface area contributed by atoms with Gasteiger partial charge < -0.3 is 5.11 Å². The number of nitrogens with zero attached hydrogens (tertiary/aromatic N) is 1. The van der Waals surface area contributed by atoms with Gasteiger partial charge in [-0.2, -0.15) is 0 Å². The second-order valence-corrected chi connectivity index (χ2v) is 3.19. The van der Waals surface area contributed by atoms with E-state index in [0.29, 0.717) is 17.1 Å². The van der Waals surface area contributed by atoms with E-state index in [-0.39, 0.29) is 13.1 Å². The monoisotopic (exact) mass is 211 g/mol. The Bertz CT molecular complexity index is 413. The molecule has 4 heteroatoms. The molecule has 1 aliphatic heterocycles. The van der Waals surface area contributed by atoms with Gasteiger partial charge >= 0.3 is 5.97 Å². The van der Waals surface area contributed by atoms with Crippen LogP contribution in [0.5, 0.6) is 0 Å². The Morgan fingerprint density at radius 3 is 2.79 bits per heavy atom. The van der Waals surface area contributed by atoms with Crippen LogP contribution in [0.3, 0.4) is 0 Å². The molecule has 1 heterocycles. The quantitative estimate of drug-likeness (QED) is 0.777. The molecule has 1 aromatic carbocycles. The van der Waals surface area contributed by atoms with Gasteiger partial charge in [-0.15, -0.1) is 0 Å². The van der Waals surface area contributed by atoms with Crippen LogP contribution in [-0.4, -0.2) is 16.8 Å². The minimum atomic E-state index is -0.979. The lowest BCUT2D eigenvalue weighted by atomic mass is 10.1. The molecular formula is C10H10ClNO2. The van der Waals surface area contributed by atoms with Crippen LogP contribution in [0, 0.1) is 0 Å². The highest BCUT2D eigenvalue weighted by atomic mass is 35.5. The second-order valence-electron chi connectivity index (χ2n) is 2.78. The maximum atomic E-state index is 10.6. The van der Waals surface area contributed by atoms with Crippen LogP contribution in [0.15, 0.2) is 23.2 Å². The summed E-state index contributed by atoms with van der Waals surface area (Å²) in [6, 6.07) is 5.26. The van der Waals surface area contributed by atoms with Crippen molar-refractivity contribution in [3.05, 3.63) is 28.8 Å². The van der Waals surface area contributed by atoms with E-state index in [9.17, 15) is 4.79 Å². The number of carboxylic acids is 1. The molecule has 0 aliphatic carbocycles. The Morgan fingerprint density at radius 1 is 1.50 bits per heavy atom. The summed E-state index contributed by atoms with van der Waals surface area (Å²) in [7, 11) is 0. The Labute approximate surface area is 87.0 Å². The van der Waals surface area contributed by atoms with Gasteiger partial charge in [-0.3, -0.25) is 0 Å². The fourth-order valence-corrected chi connectivity index (χ4v) is 1.54. The number of aliphatic carboxylic acids is 1. The highest BCUT2D eigenvalue weighted by molar-refractivity contribution is 6.39. The number of fused-ring (bicyclic) bond motifs is 1. The first-order chi connectivity index (χ1) is 6.18.